The van der Waals surface area contributed by atoms with Gasteiger partial charge in [-0.3, -0.25) is 9.69 Å². The van der Waals surface area contributed by atoms with E-state index in [2.05, 4.69) is 15.1 Å². The maximum atomic E-state index is 12.9. The van der Waals surface area contributed by atoms with Crippen LogP contribution in [0.5, 0.6) is 0 Å². The van der Waals surface area contributed by atoms with Crippen LogP contribution in [-0.4, -0.2) is 46.9 Å². The number of nitrogens with zero attached hydrogens (tertiary/aromatic N) is 4. The van der Waals surface area contributed by atoms with Crippen LogP contribution in [-0.2, 0) is 11.3 Å². The maximum absolute atomic E-state index is 12.9. The third-order valence-corrected chi connectivity index (χ3v) is 5.90. The molecule has 1 aliphatic heterocycles. The fourth-order valence-electron chi connectivity index (χ4n) is 2.84. The van der Waals surface area contributed by atoms with Crippen LogP contribution in [0, 0.1) is 0 Å². The molecule has 1 saturated heterocycles. The van der Waals surface area contributed by atoms with Gasteiger partial charge in [0.2, 0.25) is 5.91 Å². The van der Waals surface area contributed by atoms with Gasteiger partial charge in [-0.05, 0) is 38.3 Å². The maximum Gasteiger partial charge on any atom is 0.244 e. The summed E-state index contributed by atoms with van der Waals surface area (Å²) in [5, 5.41) is 9.29. The lowest BCUT2D eigenvalue weighted by Gasteiger charge is -2.36. The molecular formula is C16H20N4OS2. The highest BCUT2D eigenvalue weighted by Crippen LogP contribution is 2.25. The number of likely N-dealkylation sites (N-methyl/N-ethyl adjacent to an activating group) is 1. The van der Waals surface area contributed by atoms with Gasteiger partial charge in [0, 0.05) is 12.2 Å². The summed E-state index contributed by atoms with van der Waals surface area (Å²) in [6.45, 7) is 1.46. The number of thioether (sulfide) groups is 1. The lowest BCUT2D eigenvalue weighted by molar-refractivity contribution is -0.125. The number of hydrogen-bond acceptors (Lipinski definition) is 6. The van der Waals surface area contributed by atoms with Crippen LogP contribution < -0.4 is 4.90 Å². The van der Waals surface area contributed by atoms with Crippen molar-refractivity contribution in [2.45, 2.75) is 29.8 Å². The molecule has 5 nitrogen and oxygen atoms in total. The smallest absolute Gasteiger partial charge is 0.244 e. The van der Waals surface area contributed by atoms with Crippen LogP contribution in [0.15, 0.2) is 34.7 Å². The van der Waals surface area contributed by atoms with Crippen LogP contribution in [0.25, 0.3) is 0 Å². The average molecular weight is 348 g/mol. The molecule has 0 aliphatic carbocycles. The standard InChI is InChI=1S/C16H20N4OS2/c1-19(11-14-17-18-16(22-2)23-14)13-9-6-10-20(15(13)21)12-7-4-3-5-8-12/h3-5,7-8,13H,6,9-11H2,1-2H3/t13-/m0/s1. The Labute approximate surface area is 144 Å². The van der Waals surface area contributed by atoms with Crippen molar-refractivity contribution in [2.24, 2.45) is 0 Å². The summed E-state index contributed by atoms with van der Waals surface area (Å²) in [5.74, 6) is 0.180. The minimum absolute atomic E-state index is 0.0921. The monoisotopic (exact) mass is 348 g/mol. The molecule has 0 spiro atoms. The normalized spacial score (nSPS) is 18.7. The van der Waals surface area contributed by atoms with E-state index in [-0.39, 0.29) is 11.9 Å². The summed E-state index contributed by atoms with van der Waals surface area (Å²) in [6, 6.07) is 9.82. The van der Waals surface area contributed by atoms with Crippen molar-refractivity contribution in [1.29, 1.82) is 0 Å². The van der Waals surface area contributed by atoms with E-state index in [1.54, 1.807) is 23.1 Å². The van der Waals surface area contributed by atoms with Crippen LogP contribution in [0.3, 0.4) is 0 Å². The zero-order valence-electron chi connectivity index (χ0n) is 13.3. The molecule has 1 amide bonds. The Morgan fingerprint density at radius 3 is 2.83 bits per heavy atom. The minimum atomic E-state index is -0.0921. The molecule has 0 unspecified atom stereocenters. The molecule has 0 N–H and O–H groups in total. The third-order valence-electron chi connectivity index (χ3n) is 4.02. The first-order valence-electron chi connectivity index (χ1n) is 7.62. The largest absolute Gasteiger partial charge is 0.311 e. The number of hydrogen-bond donors (Lipinski definition) is 0. The molecule has 1 aliphatic rings. The van der Waals surface area contributed by atoms with Gasteiger partial charge in [0.05, 0.1) is 12.6 Å². The van der Waals surface area contributed by atoms with E-state index >= 15 is 0 Å². The SMILES string of the molecule is CSc1nnc(CN(C)[C@H]2CCCN(c3ccccc3)C2=O)s1. The van der Waals surface area contributed by atoms with E-state index in [4.69, 9.17) is 0 Å². The zero-order valence-corrected chi connectivity index (χ0v) is 14.9. The molecule has 0 bridgehead atoms. The summed E-state index contributed by atoms with van der Waals surface area (Å²) in [6.07, 6.45) is 3.91. The fraction of sp³-hybridized carbons (Fsp3) is 0.438. The first-order chi connectivity index (χ1) is 11.2. The molecule has 0 saturated carbocycles. The van der Waals surface area contributed by atoms with Crippen molar-refractivity contribution in [1.82, 2.24) is 15.1 Å². The highest BCUT2D eigenvalue weighted by Gasteiger charge is 2.32. The molecule has 1 atom stereocenters. The second-order valence-corrected chi connectivity index (χ2v) is 7.68. The quantitative estimate of drug-likeness (QED) is 0.778. The van der Waals surface area contributed by atoms with E-state index < -0.39 is 0 Å². The second kappa shape index (κ2) is 7.42. The molecule has 2 heterocycles. The van der Waals surface area contributed by atoms with Gasteiger partial charge in [-0.1, -0.05) is 41.3 Å². The number of rotatable bonds is 5. The molecule has 122 valence electrons. The molecular weight excluding hydrogens is 328 g/mol. The highest BCUT2D eigenvalue weighted by molar-refractivity contribution is 8.00. The number of para-hydroxylation sites is 1. The fourth-order valence-corrected chi connectivity index (χ4v) is 4.22. The van der Waals surface area contributed by atoms with E-state index in [1.165, 1.54) is 0 Å². The predicted molar refractivity (Wildman–Crippen MR) is 95.0 cm³/mol. The van der Waals surface area contributed by atoms with Crippen molar-refractivity contribution >= 4 is 34.7 Å². The summed E-state index contributed by atoms with van der Waals surface area (Å²) in [7, 11) is 2.00. The summed E-state index contributed by atoms with van der Waals surface area (Å²) in [5.41, 5.74) is 0.983. The highest BCUT2D eigenvalue weighted by atomic mass is 32.2. The van der Waals surface area contributed by atoms with Crippen molar-refractivity contribution < 1.29 is 4.79 Å². The number of benzene rings is 1. The first kappa shape index (κ1) is 16.4. The molecule has 1 fully saturated rings. The number of anilines is 1. The van der Waals surface area contributed by atoms with Gasteiger partial charge < -0.3 is 4.90 Å². The Balaban J connectivity index is 1.70. The topological polar surface area (TPSA) is 49.3 Å². The summed E-state index contributed by atoms with van der Waals surface area (Å²) in [4.78, 5) is 16.9. The van der Waals surface area contributed by atoms with Crippen LogP contribution in [0.1, 0.15) is 17.8 Å². The van der Waals surface area contributed by atoms with E-state index in [0.717, 1.165) is 34.4 Å². The van der Waals surface area contributed by atoms with Crippen molar-refractivity contribution in [3.8, 4) is 0 Å². The van der Waals surface area contributed by atoms with Crippen molar-refractivity contribution in [3.63, 3.8) is 0 Å². The third kappa shape index (κ3) is 3.73. The van der Waals surface area contributed by atoms with E-state index in [1.807, 2.05) is 48.5 Å². The number of piperidine rings is 1. The van der Waals surface area contributed by atoms with E-state index in [0.29, 0.717) is 6.54 Å². The molecule has 23 heavy (non-hydrogen) atoms. The Hall–Kier alpha value is -1.44. The predicted octanol–water partition coefficient (Wildman–Crippen LogP) is 2.89. The zero-order chi connectivity index (χ0) is 16.2. The number of amides is 1. The molecule has 3 rings (SSSR count). The first-order valence-corrected chi connectivity index (χ1v) is 9.66. The van der Waals surface area contributed by atoms with Crippen LogP contribution >= 0.6 is 23.1 Å². The summed E-state index contributed by atoms with van der Waals surface area (Å²) < 4.78 is 0.967. The average Bonchev–Trinajstić information content (AvgIpc) is 3.03. The van der Waals surface area contributed by atoms with Gasteiger partial charge >= 0.3 is 0 Å². The molecule has 1 aromatic carbocycles. The lowest BCUT2D eigenvalue weighted by Crippen LogP contribution is -2.51. The van der Waals surface area contributed by atoms with Gasteiger partial charge in [0.1, 0.15) is 5.01 Å². The van der Waals surface area contributed by atoms with E-state index in [9.17, 15) is 4.79 Å². The Morgan fingerprint density at radius 2 is 2.13 bits per heavy atom. The molecule has 0 radical (unpaired) electrons. The van der Waals surface area contributed by atoms with Gasteiger partial charge in [-0.15, -0.1) is 10.2 Å². The van der Waals surface area contributed by atoms with Gasteiger partial charge in [-0.25, -0.2) is 0 Å². The van der Waals surface area contributed by atoms with Crippen LogP contribution in [0.4, 0.5) is 5.69 Å². The molecule has 7 heteroatoms. The second-order valence-electron chi connectivity index (χ2n) is 5.56. The lowest BCUT2D eigenvalue weighted by atomic mass is 10.0. The Morgan fingerprint density at radius 1 is 1.35 bits per heavy atom. The minimum Gasteiger partial charge on any atom is -0.311 e. The Bertz CT molecular complexity index is 661. The summed E-state index contributed by atoms with van der Waals surface area (Å²) >= 11 is 3.20. The van der Waals surface area contributed by atoms with Gasteiger partial charge in [0.15, 0.2) is 4.34 Å². The molecule has 1 aromatic heterocycles. The van der Waals surface area contributed by atoms with Crippen LogP contribution in [0.2, 0.25) is 0 Å². The Kier molecular flexibility index (Phi) is 5.30. The number of aromatic nitrogens is 2. The molecule has 2 aromatic rings. The van der Waals surface area contributed by atoms with Gasteiger partial charge in [0.25, 0.3) is 0 Å². The van der Waals surface area contributed by atoms with Gasteiger partial charge in [-0.2, -0.15) is 0 Å². The number of carbonyl (C=O) groups excluding carboxylic acids is 1. The number of carbonyl (C=O) groups is 1. The van der Waals surface area contributed by atoms with Crippen molar-refractivity contribution in [2.75, 3.05) is 24.7 Å². The van der Waals surface area contributed by atoms with Crippen molar-refractivity contribution in [3.05, 3.63) is 35.3 Å².